The third-order valence-corrected chi connectivity index (χ3v) is 3.03. The molecule has 0 unspecified atom stereocenters. The molecule has 1 N–H and O–H groups in total. The molecule has 0 bridgehead atoms. The second-order valence-electron chi connectivity index (χ2n) is 4.07. The summed E-state index contributed by atoms with van der Waals surface area (Å²) in [6, 6.07) is 8.21. The zero-order valence-electron chi connectivity index (χ0n) is 10.2. The summed E-state index contributed by atoms with van der Waals surface area (Å²) in [4.78, 5) is 8.14. The molecule has 0 aliphatic rings. The van der Waals surface area contributed by atoms with Gasteiger partial charge in [-0.05, 0) is 19.4 Å². The van der Waals surface area contributed by atoms with Crippen molar-refractivity contribution >= 4 is 28.9 Å². The average molecular weight is 282 g/mol. The number of nitrogens with zero attached hydrogens (tertiary/aromatic N) is 2. The number of aromatic nitrogens is 2. The Balaban J connectivity index is 2.16. The summed E-state index contributed by atoms with van der Waals surface area (Å²) >= 11 is 12.1. The van der Waals surface area contributed by atoms with Gasteiger partial charge in [0.05, 0.1) is 0 Å². The minimum Gasteiger partial charge on any atom is -0.376 e. The van der Waals surface area contributed by atoms with Gasteiger partial charge in [-0.25, -0.2) is 9.97 Å². The molecule has 0 saturated carbocycles. The van der Waals surface area contributed by atoms with E-state index in [4.69, 9.17) is 23.2 Å². The van der Waals surface area contributed by atoms with E-state index in [0.717, 1.165) is 5.56 Å². The van der Waals surface area contributed by atoms with Crippen molar-refractivity contribution in [3.63, 3.8) is 0 Å². The SMILES string of the molecule is Cc1cccc(CNc2c(Cl)nc(C)nc2Cl)c1. The van der Waals surface area contributed by atoms with E-state index in [1.807, 2.05) is 12.1 Å². The van der Waals surface area contributed by atoms with Crippen LogP contribution in [-0.2, 0) is 6.54 Å². The lowest BCUT2D eigenvalue weighted by molar-refractivity contribution is 1.04. The molecular weight excluding hydrogens is 269 g/mol. The molecule has 94 valence electrons. The quantitative estimate of drug-likeness (QED) is 0.864. The van der Waals surface area contributed by atoms with E-state index >= 15 is 0 Å². The second kappa shape index (κ2) is 5.55. The fourth-order valence-electron chi connectivity index (χ4n) is 1.66. The summed E-state index contributed by atoms with van der Waals surface area (Å²) in [7, 11) is 0. The summed E-state index contributed by atoms with van der Waals surface area (Å²) in [5.41, 5.74) is 2.94. The molecule has 5 heteroatoms. The molecule has 2 aromatic rings. The molecule has 0 radical (unpaired) electrons. The smallest absolute Gasteiger partial charge is 0.157 e. The zero-order valence-corrected chi connectivity index (χ0v) is 11.7. The van der Waals surface area contributed by atoms with Crippen LogP contribution < -0.4 is 5.32 Å². The first-order valence-corrected chi connectivity index (χ1v) is 6.31. The van der Waals surface area contributed by atoms with Crippen LogP contribution in [0.25, 0.3) is 0 Å². The Morgan fingerprint density at radius 2 is 1.78 bits per heavy atom. The van der Waals surface area contributed by atoms with Gasteiger partial charge in [-0.2, -0.15) is 0 Å². The molecule has 0 fully saturated rings. The lowest BCUT2D eigenvalue weighted by Crippen LogP contribution is -2.03. The molecule has 0 saturated heterocycles. The van der Waals surface area contributed by atoms with E-state index in [1.165, 1.54) is 5.56 Å². The van der Waals surface area contributed by atoms with Gasteiger partial charge >= 0.3 is 0 Å². The highest BCUT2D eigenvalue weighted by Gasteiger charge is 2.09. The number of benzene rings is 1. The Morgan fingerprint density at radius 3 is 2.39 bits per heavy atom. The molecule has 2 rings (SSSR count). The highest BCUT2D eigenvalue weighted by atomic mass is 35.5. The summed E-state index contributed by atoms with van der Waals surface area (Å²) < 4.78 is 0. The fraction of sp³-hybridized carbons (Fsp3) is 0.231. The average Bonchev–Trinajstić information content (AvgIpc) is 2.27. The summed E-state index contributed by atoms with van der Waals surface area (Å²) in [5.74, 6) is 0.561. The van der Waals surface area contributed by atoms with E-state index in [1.54, 1.807) is 6.92 Å². The van der Waals surface area contributed by atoms with Crippen molar-refractivity contribution < 1.29 is 0 Å². The van der Waals surface area contributed by atoms with Crippen LogP contribution in [0.4, 0.5) is 5.69 Å². The molecule has 3 nitrogen and oxygen atoms in total. The first kappa shape index (κ1) is 13.1. The van der Waals surface area contributed by atoms with Gasteiger partial charge in [-0.3, -0.25) is 0 Å². The van der Waals surface area contributed by atoms with Crippen molar-refractivity contribution in [1.82, 2.24) is 9.97 Å². The monoisotopic (exact) mass is 281 g/mol. The summed E-state index contributed by atoms with van der Waals surface area (Å²) in [5, 5.41) is 3.86. The Hall–Kier alpha value is -1.32. The van der Waals surface area contributed by atoms with Crippen LogP contribution in [0, 0.1) is 13.8 Å². The van der Waals surface area contributed by atoms with Gasteiger partial charge in [0.15, 0.2) is 10.3 Å². The van der Waals surface area contributed by atoms with Gasteiger partial charge in [0.25, 0.3) is 0 Å². The Labute approximate surface area is 116 Å². The van der Waals surface area contributed by atoms with E-state index < -0.39 is 0 Å². The highest BCUT2D eigenvalue weighted by Crippen LogP contribution is 2.27. The van der Waals surface area contributed by atoms with E-state index in [-0.39, 0.29) is 0 Å². The van der Waals surface area contributed by atoms with Crippen molar-refractivity contribution in [2.24, 2.45) is 0 Å². The molecule has 0 aliphatic carbocycles. The number of rotatable bonds is 3. The molecule has 0 amide bonds. The maximum Gasteiger partial charge on any atom is 0.157 e. The maximum atomic E-state index is 6.03. The van der Waals surface area contributed by atoms with Gasteiger partial charge in [0.1, 0.15) is 11.5 Å². The first-order chi connectivity index (χ1) is 8.56. The Bertz CT molecular complexity index is 547. The number of aryl methyl sites for hydroxylation is 2. The van der Waals surface area contributed by atoms with Gasteiger partial charge in [0.2, 0.25) is 0 Å². The Morgan fingerprint density at radius 1 is 1.11 bits per heavy atom. The first-order valence-electron chi connectivity index (χ1n) is 5.55. The van der Waals surface area contributed by atoms with Crippen LogP contribution in [0.15, 0.2) is 24.3 Å². The molecule has 0 aliphatic heterocycles. The second-order valence-corrected chi connectivity index (χ2v) is 4.79. The minimum atomic E-state index is 0.347. The van der Waals surface area contributed by atoms with Crippen LogP contribution >= 0.6 is 23.2 Å². The lowest BCUT2D eigenvalue weighted by Gasteiger charge is -2.10. The van der Waals surface area contributed by atoms with E-state index in [2.05, 4.69) is 34.3 Å². The normalized spacial score (nSPS) is 10.4. The predicted octanol–water partition coefficient (Wildman–Crippen LogP) is 4.01. The van der Waals surface area contributed by atoms with E-state index in [0.29, 0.717) is 28.4 Å². The molecular formula is C13H13Cl2N3. The molecule has 1 aromatic heterocycles. The molecule has 0 spiro atoms. The standard InChI is InChI=1S/C13H13Cl2N3/c1-8-4-3-5-10(6-8)7-16-11-12(14)17-9(2)18-13(11)15/h3-6,16H,7H2,1-2H3. The minimum absolute atomic E-state index is 0.347. The van der Waals surface area contributed by atoms with Crippen molar-refractivity contribution in [2.75, 3.05) is 5.32 Å². The van der Waals surface area contributed by atoms with E-state index in [9.17, 15) is 0 Å². The summed E-state index contributed by atoms with van der Waals surface area (Å²) in [6.07, 6.45) is 0. The van der Waals surface area contributed by atoms with Crippen molar-refractivity contribution in [2.45, 2.75) is 20.4 Å². The third-order valence-electron chi connectivity index (χ3n) is 2.48. The van der Waals surface area contributed by atoms with Crippen molar-refractivity contribution in [1.29, 1.82) is 0 Å². The molecule has 1 heterocycles. The van der Waals surface area contributed by atoms with Gasteiger partial charge in [0, 0.05) is 6.54 Å². The maximum absolute atomic E-state index is 6.03. The van der Waals surface area contributed by atoms with Gasteiger partial charge in [-0.15, -0.1) is 0 Å². The van der Waals surface area contributed by atoms with Crippen LogP contribution in [0.1, 0.15) is 17.0 Å². The van der Waals surface area contributed by atoms with Crippen LogP contribution in [-0.4, -0.2) is 9.97 Å². The van der Waals surface area contributed by atoms with Gasteiger partial charge in [-0.1, -0.05) is 53.0 Å². The lowest BCUT2D eigenvalue weighted by atomic mass is 10.1. The largest absolute Gasteiger partial charge is 0.376 e. The number of nitrogens with one attached hydrogen (secondary N) is 1. The Kier molecular flexibility index (Phi) is 4.04. The van der Waals surface area contributed by atoms with Crippen LogP contribution in [0.2, 0.25) is 10.3 Å². The molecule has 18 heavy (non-hydrogen) atoms. The molecule has 1 aromatic carbocycles. The molecule has 0 atom stereocenters. The van der Waals surface area contributed by atoms with Gasteiger partial charge < -0.3 is 5.32 Å². The van der Waals surface area contributed by atoms with Crippen molar-refractivity contribution in [3.8, 4) is 0 Å². The fourth-order valence-corrected chi connectivity index (χ4v) is 2.27. The number of hydrogen-bond acceptors (Lipinski definition) is 3. The van der Waals surface area contributed by atoms with Crippen molar-refractivity contribution in [3.05, 3.63) is 51.5 Å². The zero-order chi connectivity index (χ0) is 13.1. The number of halogens is 2. The highest BCUT2D eigenvalue weighted by molar-refractivity contribution is 6.37. The third kappa shape index (κ3) is 3.12. The summed E-state index contributed by atoms with van der Waals surface area (Å²) in [6.45, 7) is 4.44. The topological polar surface area (TPSA) is 37.8 Å². The van der Waals surface area contributed by atoms with Crippen LogP contribution in [0.5, 0.6) is 0 Å². The predicted molar refractivity (Wildman–Crippen MR) is 75.3 cm³/mol. The number of hydrogen-bond donors (Lipinski definition) is 1. The van der Waals surface area contributed by atoms with Crippen LogP contribution in [0.3, 0.4) is 0 Å². The number of anilines is 1.